The standard InChI is InChI=1S/C11H19N5/c12-16-11-8-13-7-10(15-11)14-9-5-3-1-2-4-6-9/h7-9H,1-6,12H2,(H2,14,15,16). The molecule has 0 aliphatic heterocycles. The van der Waals surface area contributed by atoms with E-state index in [9.17, 15) is 0 Å². The predicted octanol–water partition coefficient (Wildman–Crippen LogP) is 1.90. The van der Waals surface area contributed by atoms with Crippen molar-refractivity contribution in [3.63, 3.8) is 0 Å². The van der Waals surface area contributed by atoms with Crippen molar-refractivity contribution >= 4 is 11.6 Å². The molecule has 1 aromatic heterocycles. The maximum atomic E-state index is 5.30. The second-order valence-electron chi connectivity index (χ2n) is 4.27. The molecule has 0 aromatic carbocycles. The Labute approximate surface area is 95.8 Å². The largest absolute Gasteiger partial charge is 0.366 e. The van der Waals surface area contributed by atoms with E-state index in [0.717, 1.165) is 5.82 Å². The quantitative estimate of drug-likeness (QED) is 0.413. The van der Waals surface area contributed by atoms with Crippen molar-refractivity contribution in [3.05, 3.63) is 12.4 Å². The zero-order valence-electron chi connectivity index (χ0n) is 9.45. The van der Waals surface area contributed by atoms with Gasteiger partial charge >= 0.3 is 0 Å². The van der Waals surface area contributed by atoms with Crippen LogP contribution in [-0.2, 0) is 0 Å². The molecule has 5 nitrogen and oxygen atoms in total. The van der Waals surface area contributed by atoms with Crippen LogP contribution in [0.4, 0.5) is 11.6 Å². The van der Waals surface area contributed by atoms with Crippen LogP contribution in [0.15, 0.2) is 12.4 Å². The minimum atomic E-state index is 0.532. The van der Waals surface area contributed by atoms with Gasteiger partial charge in [-0.05, 0) is 12.8 Å². The Balaban J connectivity index is 1.96. The van der Waals surface area contributed by atoms with Gasteiger partial charge in [0.2, 0.25) is 0 Å². The number of rotatable bonds is 3. The summed E-state index contributed by atoms with van der Waals surface area (Å²) in [7, 11) is 0. The van der Waals surface area contributed by atoms with Crippen molar-refractivity contribution in [2.75, 3.05) is 10.7 Å². The van der Waals surface area contributed by atoms with Crippen molar-refractivity contribution in [2.24, 2.45) is 5.84 Å². The average Bonchev–Trinajstić information content (AvgIpc) is 2.58. The molecule has 0 spiro atoms. The fourth-order valence-electron chi connectivity index (χ4n) is 2.14. The minimum absolute atomic E-state index is 0.532. The number of hydrazine groups is 1. The molecule has 1 aliphatic rings. The maximum absolute atomic E-state index is 5.30. The Kier molecular flexibility index (Phi) is 3.93. The summed E-state index contributed by atoms with van der Waals surface area (Å²) in [4.78, 5) is 8.38. The number of nitrogen functional groups attached to an aromatic ring is 1. The monoisotopic (exact) mass is 221 g/mol. The van der Waals surface area contributed by atoms with Gasteiger partial charge in [-0.25, -0.2) is 10.8 Å². The van der Waals surface area contributed by atoms with Crippen LogP contribution in [-0.4, -0.2) is 16.0 Å². The molecular formula is C11H19N5. The fourth-order valence-corrected chi connectivity index (χ4v) is 2.14. The van der Waals surface area contributed by atoms with E-state index in [-0.39, 0.29) is 0 Å². The number of nitrogens with two attached hydrogens (primary N) is 1. The molecule has 5 heteroatoms. The molecule has 4 N–H and O–H groups in total. The summed E-state index contributed by atoms with van der Waals surface area (Å²) in [6.07, 6.45) is 11.1. The molecule has 16 heavy (non-hydrogen) atoms. The van der Waals surface area contributed by atoms with Crippen LogP contribution < -0.4 is 16.6 Å². The van der Waals surface area contributed by atoms with E-state index in [1.54, 1.807) is 12.4 Å². The third kappa shape index (κ3) is 3.06. The first-order chi connectivity index (χ1) is 7.88. The van der Waals surface area contributed by atoms with Crippen molar-refractivity contribution in [2.45, 2.75) is 44.6 Å². The Hall–Kier alpha value is -1.36. The lowest BCUT2D eigenvalue weighted by Crippen LogP contribution is -2.20. The maximum Gasteiger partial charge on any atom is 0.160 e. The minimum Gasteiger partial charge on any atom is -0.366 e. The van der Waals surface area contributed by atoms with E-state index >= 15 is 0 Å². The highest BCUT2D eigenvalue weighted by atomic mass is 15.3. The summed E-state index contributed by atoms with van der Waals surface area (Å²) in [6.45, 7) is 0. The summed E-state index contributed by atoms with van der Waals surface area (Å²) >= 11 is 0. The van der Waals surface area contributed by atoms with Crippen molar-refractivity contribution in [3.8, 4) is 0 Å². The van der Waals surface area contributed by atoms with Gasteiger partial charge in [0.15, 0.2) is 5.82 Å². The Morgan fingerprint density at radius 1 is 1.06 bits per heavy atom. The summed E-state index contributed by atoms with van der Waals surface area (Å²) in [5.41, 5.74) is 2.50. The highest BCUT2D eigenvalue weighted by molar-refractivity contribution is 5.41. The van der Waals surface area contributed by atoms with Gasteiger partial charge in [-0.3, -0.25) is 4.98 Å². The molecule has 1 aromatic rings. The zero-order chi connectivity index (χ0) is 11.2. The molecule has 1 fully saturated rings. The Bertz CT molecular complexity index is 320. The third-order valence-electron chi connectivity index (χ3n) is 2.99. The van der Waals surface area contributed by atoms with Crippen molar-refractivity contribution in [1.82, 2.24) is 9.97 Å². The first kappa shape index (κ1) is 11.1. The molecule has 0 saturated heterocycles. The number of aromatic nitrogens is 2. The highest BCUT2D eigenvalue weighted by Crippen LogP contribution is 2.20. The molecule has 0 radical (unpaired) electrons. The molecule has 0 amide bonds. The fraction of sp³-hybridized carbons (Fsp3) is 0.636. The predicted molar refractivity (Wildman–Crippen MR) is 65.0 cm³/mol. The summed E-state index contributed by atoms with van der Waals surface area (Å²) in [5, 5.41) is 3.43. The Morgan fingerprint density at radius 3 is 2.44 bits per heavy atom. The second-order valence-corrected chi connectivity index (χ2v) is 4.27. The lowest BCUT2D eigenvalue weighted by atomic mass is 10.1. The van der Waals surface area contributed by atoms with Crippen molar-refractivity contribution < 1.29 is 0 Å². The lowest BCUT2D eigenvalue weighted by molar-refractivity contribution is 0.617. The molecule has 0 atom stereocenters. The number of anilines is 2. The van der Waals surface area contributed by atoms with Crippen LogP contribution in [0.3, 0.4) is 0 Å². The number of nitrogens with zero attached hydrogens (tertiary/aromatic N) is 2. The number of nitrogens with one attached hydrogen (secondary N) is 2. The molecule has 88 valence electrons. The topological polar surface area (TPSA) is 75.9 Å². The summed E-state index contributed by atoms with van der Waals surface area (Å²) in [5.74, 6) is 6.70. The van der Waals surface area contributed by atoms with Crippen LogP contribution >= 0.6 is 0 Å². The summed E-state index contributed by atoms with van der Waals surface area (Å²) in [6, 6.07) is 0.532. The zero-order valence-corrected chi connectivity index (χ0v) is 9.45. The first-order valence-corrected chi connectivity index (χ1v) is 5.93. The van der Waals surface area contributed by atoms with Crippen LogP contribution in [0.5, 0.6) is 0 Å². The van der Waals surface area contributed by atoms with Gasteiger partial charge in [0.1, 0.15) is 5.82 Å². The normalized spacial score (nSPS) is 17.8. The van der Waals surface area contributed by atoms with Gasteiger partial charge in [-0.1, -0.05) is 25.7 Å². The summed E-state index contributed by atoms with van der Waals surface area (Å²) < 4.78 is 0. The lowest BCUT2D eigenvalue weighted by Gasteiger charge is -2.16. The Morgan fingerprint density at radius 2 is 1.75 bits per heavy atom. The molecule has 2 rings (SSSR count). The second kappa shape index (κ2) is 5.65. The molecule has 0 bridgehead atoms. The number of hydrogen-bond acceptors (Lipinski definition) is 5. The van der Waals surface area contributed by atoms with E-state index in [1.807, 2.05) is 0 Å². The molecule has 1 saturated carbocycles. The van der Waals surface area contributed by atoms with Crippen LogP contribution in [0.25, 0.3) is 0 Å². The smallest absolute Gasteiger partial charge is 0.160 e. The van der Waals surface area contributed by atoms with Crippen LogP contribution in [0.1, 0.15) is 38.5 Å². The van der Waals surface area contributed by atoms with Gasteiger partial charge in [0, 0.05) is 6.04 Å². The van der Waals surface area contributed by atoms with Gasteiger partial charge in [0.25, 0.3) is 0 Å². The van der Waals surface area contributed by atoms with Crippen LogP contribution in [0, 0.1) is 0 Å². The number of hydrogen-bond donors (Lipinski definition) is 3. The van der Waals surface area contributed by atoms with Gasteiger partial charge in [-0.2, -0.15) is 0 Å². The van der Waals surface area contributed by atoms with Gasteiger partial charge in [0.05, 0.1) is 12.4 Å². The van der Waals surface area contributed by atoms with Gasteiger partial charge in [-0.15, -0.1) is 0 Å². The van der Waals surface area contributed by atoms with E-state index in [2.05, 4.69) is 20.7 Å². The SMILES string of the molecule is NNc1cncc(NC2CCCCCC2)n1. The van der Waals surface area contributed by atoms with E-state index in [4.69, 9.17) is 5.84 Å². The van der Waals surface area contributed by atoms with Crippen LogP contribution in [0.2, 0.25) is 0 Å². The first-order valence-electron chi connectivity index (χ1n) is 5.93. The molecule has 1 aliphatic carbocycles. The highest BCUT2D eigenvalue weighted by Gasteiger charge is 2.12. The molecule has 1 heterocycles. The molecular weight excluding hydrogens is 202 g/mol. The van der Waals surface area contributed by atoms with Gasteiger partial charge < -0.3 is 10.7 Å². The van der Waals surface area contributed by atoms with E-state index in [1.165, 1.54) is 38.5 Å². The molecule has 0 unspecified atom stereocenters. The van der Waals surface area contributed by atoms with Crippen molar-refractivity contribution in [1.29, 1.82) is 0 Å². The average molecular weight is 221 g/mol. The van der Waals surface area contributed by atoms with E-state index in [0.29, 0.717) is 11.9 Å². The third-order valence-corrected chi connectivity index (χ3v) is 2.99. The van der Waals surface area contributed by atoms with E-state index < -0.39 is 0 Å².